The van der Waals surface area contributed by atoms with E-state index in [0.29, 0.717) is 11.3 Å². The van der Waals surface area contributed by atoms with E-state index in [4.69, 9.17) is 4.74 Å². The van der Waals surface area contributed by atoms with Crippen LogP contribution < -0.4 is 19.5 Å². The van der Waals surface area contributed by atoms with E-state index in [1.165, 1.54) is 31.4 Å². The highest BCUT2D eigenvalue weighted by molar-refractivity contribution is 7.88. The molecule has 2 N–H and O–H groups in total. The third kappa shape index (κ3) is 6.84. The van der Waals surface area contributed by atoms with Gasteiger partial charge in [0.1, 0.15) is 0 Å². The Labute approximate surface area is 167 Å². The van der Waals surface area contributed by atoms with Gasteiger partial charge in [-0.15, -0.1) is 6.58 Å². The number of amides is 1. The van der Waals surface area contributed by atoms with Crippen LogP contribution in [0, 0.1) is 0 Å². The smallest absolute Gasteiger partial charge is 0.387 e. The molecule has 2 rings (SSSR count). The number of alkyl halides is 2. The summed E-state index contributed by atoms with van der Waals surface area (Å²) in [4.78, 5) is 12.4. The van der Waals surface area contributed by atoms with Crippen LogP contribution in [0.2, 0.25) is 0 Å². The third-order valence-electron chi connectivity index (χ3n) is 3.66. The Morgan fingerprint density at radius 1 is 1.17 bits per heavy atom. The van der Waals surface area contributed by atoms with Crippen LogP contribution in [0.25, 0.3) is 0 Å². The lowest BCUT2D eigenvalue weighted by Crippen LogP contribution is -2.25. The highest BCUT2D eigenvalue weighted by Crippen LogP contribution is 2.29. The quantitative estimate of drug-likeness (QED) is 0.570. The predicted octanol–water partition coefficient (Wildman–Crippen LogP) is 3.15. The van der Waals surface area contributed by atoms with Crippen molar-refractivity contribution >= 4 is 21.6 Å². The van der Waals surface area contributed by atoms with Gasteiger partial charge in [0.05, 0.1) is 12.9 Å². The second-order valence-electron chi connectivity index (χ2n) is 5.79. The van der Waals surface area contributed by atoms with Gasteiger partial charge in [0.15, 0.2) is 11.5 Å². The average Bonchev–Trinajstić information content (AvgIpc) is 2.67. The summed E-state index contributed by atoms with van der Waals surface area (Å²) in [6.07, 6.45) is 1.44. The molecule has 0 unspecified atom stereocenters. The molecule has 0 aliphatic heterocycles. The SMILES string of the molecule is C=CCNS(=O)(=O)Cc1ccc(NC(=O)c2ccc(OC(F)F)c(OC)c2)cc1. The summed E-state index contributed by atoms with van der Waals surface area (Å²) in [5.41, 5.74) is 1.14. The molecule has 29 heavy (non-hydrogen) atoms. The van der Waals surface area contributed by atoms with Crippen LogP contribution in [0.15, 0.2) is 55.1 Å². The van der Waals surface area contributed by atoms with E-state index in [9.17, 15) is 22.0 Å². The lowest BCUT2D eigenvalue weighted by atomic mass is 10.1. The van der Waals surface area contributed by atoms with Crippen LogP contribution >= 0.6 is 0 Å². The fourth-order valence-electron chi connectivity index (χ4n) is 2.35. The molecule has 0 spiro atoms. The van der Waals surface area contributed by atoms with Crippen molar-refractivity contribution in [2.75, 3.05) is 19.0 Å². The first kappa shape index (κ1) is 22.3. The number of halogens is 2. The molecule has 2 aromatic rings. The van der Waals surface area contributed by atoms with Gasteiger partial charge in [0, 0.05) is 17.8 Å². The van der Waals surface area contributed by atoms with Crippen molar-refractivity contribution < 1.29 is 31.5 Å². The van der Waals surface area contributed by atoms with Gasteiger partial charge < -0.3 is 14.8 Å². The maximum absolute atomic E-state index is 12.4. The maximum Gasteiger partial charge on any atom is 0.387 e. The number of benzene rings is 2. The minimum atomic E-state index is -3.48. The van der Waals surface area contributed by atoms with Gasteiger partial charge in [-0.2, -0.15) is 8.78 Å². The Hall–Kier alpha value is -2.98. The molecule has 7 nitrogen and oxygen atoms in total. The minimum Gasteiger partial charge on any atom is -0.493 e. The monoisotopic (exact) mass is 426 g/mol. The summed E-state index contributed by atoms with van der Waals surface area (Å²) in [5, 5.41) is 2.63. The van der Waals surface area contributed by atoms with Gasteiger partial charge in [-0.05, 0) is 35.9 Å². The second kappa shape index (κ2) is 9.99. The molecule has 0 radical (unpaired) electrons. The van der Waals surface area contributed by atoms with E-state index < -0.39 is 22.5 Å². The summed E-state index contributed by atoms with van der Waals surface area (Å²) in [6, 6.07) is 10.1. The number of carbonyl (C=O) groups is 1. The first-order valence-electron chi connectivity index (χ1n) is 8.35. The summed E-state index contributed by atoms with van der Waals surface area (Å²) in [7, 11) is -2.21. The zero-order valence-corrected chi connectivity index (χ0v) is 16.3. The molecule has 0 saturated carbocycles. The van der Waals surface area contributed by atoms with Gasteiger partial charge in [0.25, 0.3) is 5.91 Å². The summed E-state index contributed by atoms with van der Waals surface area (Å²) >= 11 is 0. The normalized spacial score (nSPS) is 11.2. The number of hydrogen-bond acceptors (Lipinski definition) is 5. The van der Waals surface area contributed by atoms with Crippen LogP contribution in [-0.2, 0) is 15.8 Å². The molecule has 0 heterocycles. The number of ether oxygens (including phenoxy) is 2. The van der Waals surface area contributed by atoms with Gasteiger partial charge in [0.2, 0.25) is 10.0 Å². The number of methoxy groups -OCH3 is 1. The number of hydrogen-bond donors (Lipinski definition) is 2. The largest absolute Gasteiger partial charge is 0.493 e. The second-order valence-corrected chi connectivity index (χ2v) is 7.60. The van der Waals surface area contributed by atoms with Gasteiger partial charge >= 0.3 is 6.61 Å². The molecular weight excluding hydrogens is 406 g/mol. The molecule has 0 fully saturated rings. The Kier molecular flexibility index (Phi) is 7.68. The van der Waals surface area contributed by atoms with Gasteiger partial charge in [-0.25, -0.2) is 13.1 Å². The molecule has 1 amide bonds. The molecular formula is C19H20F2N2O5S. The molecule has 0 aliphatic carbocycles. The van der Waals surface area contributed by atoms with E-state index in [2.05, 4.69) is 21.4 Å². The molecule has 0 atom stereocenters. The standard InChI is InChI=1S/C19H20F2N2O5S/c1-3-10-22-29(25,26)12-13-4-7-15(8-5-13)23-18(24)14-6-9-16(28-19(20)21)17(11-14)27-2/h3-9,11,19,22H,1,10,12H2,2H3,(H,23,24). The number of anilines is 1. The lowest BCUT2D eigenvalue weighted by Gasteiger charge is -2.12. The number of sulfonamides is 1. The van der Waals surface area contributed by atoms with Crippen LogP contribution in [0.1, 0.15) is 15.9 Å². The van der Waals surface area contributed by atoms with Crippen molar-refractivity contribution in [1.82, 2.24) is 4.72 Å². The van der Waals surface area contributed by atoms with Crippen LogP contribution in [0.4, 0.5) is 14.5 Å². The van der Waals surface area contributed by atoms with Gasteiger partial charge in [-0.1, -0.05) is 18.2 Å². The topological polar surface area (TPSA) is 93.7 Å². The van der Waals surface area contributed by atoms with Crippen molar-refractivity contribution in [3.8, 4) is 11.5 Å². The van der Waals surface area contributed by atoms with Crippen molar-refractivity contribution in [2.45, 2.75) is 12.4 Å². The average molecular weight is 426 g/mol. The highest BCUT2D eigenvalue weighted by Gasteiger charge is 2.15. The zero-order chi connectivity index (χ0) is 21.4. The Morgan fingerprint density at radius 2 is 1.86 bits per heavy atom. The summed E-state index contributed by atoms with van der Waals surface area (Å²) < 4.78 is 60.1. The minimum absolute atomic E-state index is 0.00877. The van der Waals surface area contributed by atoms with Crippen molar-refractivity contribution in [1.29, 1.82) is 0 Å². The van der Waals surface area contributed by atoms with Crippen molar-refractivity contribution in [3.63, 3.8) is 0 Å². The first-order valence-corrected chi connectivity index (χ1v) is 10.0. The fourth-order valence-corrected chi connectivity index (χ4v) is 3.45. The van der Waals surface area contributed by atoms with E-state index in [1.54, 1.807) is 24.3 Å². The fraction of sp³-hybridized carbons (Fsp3) is 0.211. The Bertz CT molecular complexity index is 963. The number of carbonyl (C=O) groups excluding carboxylic acids is 1. The molecule has 156 valence electrons. The molecule has 0 aliphatic rings. The van der Waals surface area contributed by atoms with Crippen LogP contribution in [0.3, 0.4) is 0 Å². The molecule has 0 bridgehead atoms. The Balaban J connectivity index is 2.06. The molecule has 0 saturated heterocycles. The summed E-state index contributed by atoms with van der Waals surface area (Å²) in [5.74, 6) is -0.905. The first-order chi connectivity index (χ1) is 13.7. The summed E-state index contributed by atoms with van der Waals surface area (Å²) in [6.45, 7) is 0.572. The molecule has 2 aromatic carbocycles. The molecule has 10 heteroatoms. The van der Waals surface area contributed by atoms with E-state index in [-0.39, 0.29) is 29.4 Å². The lowest BCUT2D eigenvalue weighted by molar-refractivity contribution is -0.0512. The van der Waals surface area contributed by atoms with E-state index in [0.717, 1.165) is 0 Å². The number of nitrogens with one attached hydrogen (secondary N) is 2. The van der Waals surface area contributed by atoms with Crippen LogP contribution in [0.5, 0.6) is 11.5 Å². The van der Waals surface area contributed by atoms with Gasteiger partial charge in [-0.3, -0.25) is 4.79 Å². The van der Waals surface area contributed by atoms with E-state index in [1.807, 2.05) is 0 Å². The Morgan fingerprint density at radius 3 is 2.45 bits per heavy atom. The maximum atomic E-state index is 12.4. The van der Waals surface area contributed by atoms with Crippen LogP contribution in [-0.4, -0.2) is 34.6 Å². The van der Waals surface area contributed by atoms with Crippen molar-refractivity contribution in [2.24, 2.45) is 0 Å². The van der Waals surface area contributed by atoms with E-state index >= 15 is 0 Å². The van der Waals surface area contributed by atoms with Crippen molar-refractivity contribution in [3.05, 3.63) is 66.2 Å². The number of rotatable bonds is 10. The predicted molar refractivity (Wildman–Crippen MR) is 105 cm³/mol. The zero-order valence-electron chi connectivity index (χ0n) is 15.5. The molecule has 0 aromatic heterocycles. The highest BCUT2D eigenvalue weighted by atomic mass is 32.2. The third-order valence-corrected chi connectivity index (χ3v) is 4.98.